The number of thiophene rings is 1. The Kier molecular flexibility index (Phi) is 2.73. The van der Waals surface area contributed by atoms with Crippen molar-refractivity contribution >= 4 is 28.7 Å². The molecule has 0 fully saturated rings. The summed E-state index contributed by atoms with van der Waals surface area (Å²) in [6, 6.07) is 8.56. The lowest BCUT2D eigenvalue weighted by atomic mass is 9.89. The molecule has 5 heteroatoms. The van der Waals surface area contributed by atoms with Crippen LogP contribution in [0.25, 0.3) is 0 Å². The van der Waals surface area contributed by atoms with Crippen LogP contribution in [0.3, 0.4) is 0 Å². The second-order valence-corrected chi connectivity index (χ2v) is 5.25. The summed E-state index contributed by atoms with van der Waals surface area (Å²) in [4.78, 5) is 24.0. The SMILES string of the molecule is O=C(C[C@@]1(O)C(=O)Nc2ccccc21)c1ccsc1. The van der Waals surface area contributed by atoms with Gasteiger partial charge in [0.1, 0.15) is 0 Å². The molecule has 1 aromatic heterocycles. The second kappa shape index (κ2) is 4.29. The van der Waals surface area contributed by atoms with Crippen LogP contribution in [0.1, 0.15) is 22.3 Å². The summed E-state index contributed by atoms with van der Waals surface area (Å²) in [6.45, 7) is 0. The van der Waals surface area contributed by atoms with Gasteiger partial charge in [0, 0.05) is 22.2 Å². The summed E-state index contributed by atoms with van der Waals surface area (Å²) in [5, 5.41) is 16.7. The minimum Gasteiger partial charge on any atom is -0.375 e. The van der Waals surface area contributed by atoms with Crippen molar-refractivity contribution in [3.8, 4) is 0 Å². The van der Waals surface area contributed by atoms with Crippen LogP contribution in [0, 0.1) is 0 Å². The highest BCUT2D eigenvalue weighted by molar-refractivity contribution is 7.08. The highest BCUT2D eigenvalue weighted by atomic mass is 32.1. The van der Waals surface area contributed by atoms with Gasteiger partial charge in [-0.2, -0.15) is 11.3 Å². The number of hydrogen-bond donors (Lipinski definition) is 2. The number of ketones is 1. The topological polar surface area (TPSA) is 66.4 Å². The quantitative estimate of drug-likeness (QED) is 0.842. The molecule has 2 N–H and O–H groups in total. The van der Waals surface area contributed by atoms with Gasteiger partial charge in [0.2, 0.25) is 0 Å². The number of anilines is 1. The zero-order valence-corrected chi connectivity index (χ0v) is 10.7. The molecule has 0 radical (unpaired) electrons. The first-order valence-corrected chi connectivity index (χ1v) is 6.74. The van der Waals surface area contributed by atoms with Crippen LogP contribution in [-0.2, 0) is 10.4 Å². The maximum absolute atomic E-state index is 12.1. The van der Waals surface area contributed by atoms with Gasteiger partial charge in [-0.05, 0) is 17.5 Å². The van der Waals surface area contributed by atoms with Crippen LogP contribution in [0.2, 0.25) is 0 Å². The number of para-hydroxylation sites is 1. The number of Topliss-reactive ketones (excluding diaryl/α,β-unsaturated/α-hetero) is 1. The van der Waals surface area contributed by atoms with Crippen molar-refractivity contribution in [2.75, 3.05) is 5.32 Å². The highest BCUT2D eigenvalue weighted by Crippen LogP contribution is 2.38. The van der Waals surface area contributed by atoms with Crippen LogP contribution >= 0.6 is 11.3 Å². The third-order valence-electron chi connectivity index (χ3n) is 3.26. The zero-order valence-electron chi connectivity index (χ0n) is 9.92. The van der Waals surface area contributed by atoms with E-state index in [1.165, 1.54) is 11.3 Å². The number of amides is 1. The number of aliphatic hydroxyl groups is 1. The summed E-state index contributed by atoms with van der Waals surface area (Å²) in [7, 11) is 0. The van der Waals surface area contributed by atoms with E-state index >= 15 is 0 Å². The molecule has 2 aromatic rings. The maximum atomic E-state index is 12.1. The Hall–Kier alpha value is -1.98. The number of carbonyl (C=O) groups excluding carboxylic acids is 2. The summed E-state index contributed by atoms with van der Waals surface area (Å²) in [5.74, 6) is -0.784. The fraction of sp³-hybridized carbons (Fsp3) is 0.143. The predicted octanol–water partition coefficient (Wildman–Crippen LogP) is 2.16. The molecule has 1 aliphatic rings. The molecule has 19 heavy (non-hydrogen) atoms. The van der Waals surface area contributed by atoms with Gasteiger partial charge in [0.25, 0.3) is 5.91 Å². The number of benzene rings is 1. The maximum Gasteiger partial charge on any atom is 0.261 e. The Labute approximate surface area is 113 Å². The average molecular weight is 273 g/mol. The lowest BCUT2D eigenvalue weighted by molar-refractivity contribution is -0.133. The molecule has 0 bridgehead atoms. The first-order valence-electron chi connectivity index (χ1n) is 5.80. The normalized spacial score (nSPS) is 21.0. The van der Waals surface area contributed by atoms with Gasteiger partial charge in [-0.1, -0.05) is 18.2 Å². The summed E-state index contributed by atoms with van der Waals surface area (Å²) >= 11 is 1.41. The Morgan fingerprint density at radius 2 is 2.11 bits per heavy atom. The number of hydrogen-bond acceptors (Lipinski definition) is 4. The van der Waals surface area contributed by atoms with Gasteiger partial charge in [-0.15, -0.1) is 0 Å². The van der Waals surface area contributed by atoms with Crippen LogP contribution in [0.15, 0.2) is 41.1 Å². The molecule has 2 heterocycles. The lowest BCUT2D eigenvalue weighted by Crippen LogP contribution is -2.36. The standard InChI is InChI=1S/C14H11NO3S/c16-12(9-5-6-19-8-9)7-14(18)10-3-1-2-4-11(10)15-13(14)17/h1-6,8,18H,7H2,(H,15,17)/t14-/m0/s1. The van der Waals surface area contributed by atoms with Crippen LogP contribution in [0.4, 0.5) is 5.69 Å². The molecular weight excluding hydrogens is 262 g/mol. The first kappa shape index (κ1) is 12.1. The number of nitrogens with one attached hydrogen (secondary N) is 1. The fourth-order valence-corrected chi connectivity index (χ4v) is 2.89. The number of fused-ring (bicyclic) bond motifs is 1. The van der Waals surface area contributed by atoms with Gasteiger partial charge in [0.15, 0.2) is 11.4 Å². The van der Waals surface area contributed by atoms with E-state index in [1.54, 1.807) is 41.1 Å². The molecule has 0 saturated carbocycles. The van der Waals surface area contributed by atoms with Gasteiger partial charge < -0.3 is 10.4 Å². The van der Waals surface area contributed by atoms with Crippen molar-refractivity contribution in [1.29, 1.82) is 0 Å². The largest absolute Gasteiger partial charge is 0.375 e. The molecule has 3 rings (SSSR count). The van der Waals surface area contributed by atoms with Crippen LogP contribution < -0.4 is 5.32 Å². The zero-order chi connectivity index (χ0) is 13.5. The van der Waals surface area contributed by atoms with E-state index in [0.717, 1.165) is 0 Å². The molecule has 4 nitrogen and oxygen atoms in total. The molecule has 1 aromatic carbocycles. The molecular formula is C14H11NO3S. The summed E-state index contributed by atoms with van der Waals surface area (Å²) in [6.07, 6.45) is -0.243. The third-order valence-corrected chi connectivity index (χ3v) is 3.94. The van der Waals surface area contributed by atoms with Crippen molar-refractivity contribution in [3.05, 3.63) is 52.2 Å². The smallest absolute Gasteiger partial charge is 0.261 e. The number of carbonyl (C=O) groups is 2. The molecule has 96 valence electrons. The highest BCUT2D eigenvalue weighted by Gasteiger charge is 2.46. The van der Waals surface area contributed by atoms with Gasteiger partial charge in [-0.25, -0.2) is 0 Å². The van der Waals surface area contributed by atoms with Gasteiger partial charge in [0.05, 0.1) is 6.42 Å². The van der Waals surface area contributed by atoms with Crippen molar-refractivity contribution in [2.24, 2.45) is 0 Å². The monoisotopic (exact) mass is 273 g/mol. The second-order valence-electron chi connectivity index (χ2n) is 4.47. The predicted molar refractivity (Wildman–Crippen MR) is 72.2 cm³/mol. The van der Waals surface area contributed by atoms with Gasteiger partial charge >= 0.3 is 0 Å². The van der Waals surface area contributed by atoms with Crippen molar-refractivity contribution in [2.45, 2.75) is 12.0 Å². The molecule has 0 spiro atoms. The van der Waals surface area contributed by atoms with Gasteiger partial charge in [-0.3, -0.25) is 9.59 Å². The Morgan fingerprint density at radius 3 is 2.84 bits per heavy atom. The lowest BCUT2D eigenvalue weighted by Gasteiger charge is -2.19. The van der Waals surface area contributed by atoms with E-state index in [4.69, 9.17) is 0 Å². The van der Waals surface area contributed by atoms with Crippen LogP contribution in [-0.4, -0.2) is 16.8 Å². The first-order chi connectivity index (χ1) is 9.11. The Bertz CT molecular complexity index is 650. The molecule has 1 aliphatic heterocycles. The van der Waals surface area contributed by atoms with E-state index < -0.39 is 11.5 Å². The molecule has 0 aliphatic carbocycles. The summed E-state index contributed by atoms with van der Waals surface area (Å²) < 4.78 is 0. The minimum atomic E-state index is -1.77. The van der Waals surface area contributed by atoms with Crippen molar-refractivity contribution in [3.63, 3.8) is 0 Å². The Morgan fingerprint density at radius 1 is 1.32 bits per heavy atom. The fourth-order valence-electron chi connectivity index (χ4n) is 2.23. The minimum absolute atomic E-state index is 0.240. The van der Waals surface area contributed by atoms with E-state index in [1.807, 2.05) is 0 Å². The average Bonchev–Trinajstić information content (AvgIpc) is 2.99. The van der Waals surface area contributed by atoms with E-state index in [2.05, 4.69) is 5.32 Å². The van der Waals surface area contributed by atoms with E-state index in [9.17, 15) is 14.7 Å². The van der Waals surface area contributed by atoms with Crippen molar-refractivity contribution in [1.82, 2.24) is 0 Å². The molecule has 1 amide bonds. The Balaban J connectivity index is 1.95. The van der Waals surface area contributed by atoms with Crippen molar-refractivity contribution < 1.29 is 14.7 Å². The summed E-state index contributed by atoms with van der Waals surface area (Å²) in [5.41, 5.74) is -0.220. The van der Waals surface area contributed by atoms with E-state index in [-0.39, 0.29) is 12.2 Å². The third kappa shape index (κ3) is 1.87. The molecule has 0 unspecified atom stereocenters. The van der Waals surface area contributed by atoms with Crippen LogP contribution in [0.5, 0.6) is 0 Å². The molecule has 1 atom stereocenters. The molecule has 0 saturated heterocycles. The number of rotatable bonds is 3. The van der Waals surface area contributed by atoms with E-state index in [0.29, 0.717) is 16.8 Å².